The molecule has 0 unspecified atom stereocenters. The van der Waals surface area contributed by atoms with E-state index in [2.05, 4.69) is 26.8 Å². The SMILES string of the molecule is CN1CCCN(c2nc(Cl)ncc2N)CC1. The molecule has 1 fully saturated rings. The topological polar surface area (TPSA) is 58.3 Å². The number of nitrogen functional groups attached to an aromatic ring is 1. The van der Waals surface area contributed by atoms with Crippen LogP contribution in [0.4, 0.5) is 11.5 Å². The molecule has 2 N–H and O–H groups in total. The van der Waals surface area contributed by atoms with Crippen molar-refractivity contribution in [3.05, 3.63) is 11.5 Å². The molecule has 0 atom stereocenters. The molecule has 1 aromatic rings. The molecule has 1 aliphatic heterocycles. The van der Waals surface area contributed by atoms with Crippen LogP contribution in [0, 0.1) is 0 Å². The molecular weight excluding hydrogens is 226 g/mol. The Hall–Kier alpha value is -1.07. The Labute approximate surface area is 100 Å². The minimum absolute atomic E-state index is 0.252. The maximum Gasteiger partial charge on any atom is 0.224 e. The van der Waals surface area contributed by atoms with Crippen LogP contribution >= 0.6 is 11.6 Å². The van der Waals surface area contributed by atoms with E-state index >= 15 is 0 Å². The van der Waals surface area contributed by atoms with E-state index in [0.717, 1.165) is 38.4 Å². The first-order valence-corrected chi connectivity index (χ1v) is 5.76. The highest BCUT2D eigenvalue weighted by molar-refractivity contribution is 6.28. The summed E-state index contributed by atoms with van der Waals surface area (Å²) in [5.41, 5.74) is 6.46. The van der Waals surface area contributed by atoms with Crippen molar-refractivity contribution in [1.82, 2.24) is 14.9 Å². The van der Waals surface area contributed by atoms with Crippen molar-refractivity contribution in [2.45, 2.75) is 6.42 Å². The number of hydrogen-bond acceptors (Lipinski definition) is 5. The van der Waals surface area contributed by atoms with Crippen LogP contribution < -0.4 is 10.6 Å². The minimum Gasteiger partial charge on any atom is -0.394 e. The summed E-state index contributed by atoms with van der Waals surface area (Å²) in [6, 6.07) is 0. The molecule has 0 spiro atoms. The van der Waals surface area contributed by atoms with Gasteiger partial charge in [0, 0.05) is 19.6 Å². The Morgan fingerprint density at radius 1 is 1.31 bits per heavy atom. The lowest BCUT2D eigenvalue weighted by atomic mass is 10.3. The summed E-state index contributed by atoms with van der Waals surface area (Å²) in [6.45, 7) is 4.01. The molecule has 16 heavy (non-hydrogen) atoms. The quantitative estimate of drug-likeness (QED) is 0.739. The van der Waals surface area contributed by atoms with Crippen LogP contribution in [-0.4, -0.2) is 48.1 Å². The maximum atomic E-state index is 5.87. The lowest BCUT2D eigenvalue weighted by molar-refractivity contribution is 0.360. The highest BCUT2D eigenvalue weighted by Gasteiger charge is 2.16. The number of anilines is 2. The second kappa shape index (κ2) is 4.84. The van der Waals surface area contributed by atoms with E-state index in [4.69, 9.17) is 17.3 Å². The van der Waals surface area contributed by atoms with Crippen LogP contribution in [0.2, 0.25) is 5.28 Å². The van der Waals surface area contributed by atoms with Crippen molar-refractivity contribution in [2.24, 2.45) is 0 Å². The Morgan fingerprint density at radius 3 is 2.94 bits per heavy atom. The second-order valence-corrected chi connectivity index (χ2v) is 4.40. The molecule has 0 saturated carbocycles. The van der Waals surface area contributed by atoms with Gasteiger partial charge in [-0.3, -0.25) is 0 Å². The van der Waals surface area contributed by atoms with Crippen molar-refractivity contribution < 1.29 is 0 Å². The zero-order valence-electron chi connectivity index (χ0n) is 9.36. The average Bonchev–Trinajstić information content (AvgIpc) is 2.47. The van der Waals surface area contributed by atoms with Gasteiger partial charge >= 0.3 is 0 Å². The molecule has 1 saturated heterocycles. The van der Waals surface area contributed by atoms with Gasteiger partial charge in [0.05, 0.1) is 11.9 Å². The molecule has 0 aromatic carbocycles. The van der Waals surface area contributed by atoms with Crippen LogP contribution in [-0.2, 0) is 0 Å². The zero-order chi connectivity index (χ0) is 11.5. The average molecular weight is 242 g/mol. The zero-order valence-corrected chi connectivity index (χ0v) is 10.1. The highest BCUT2D eigenvalue weighted by atomic mass is 35.5. The molecule has 1 aromatic heterocycles. The van der Waals surface area contributed by atoms with Gasteiger partial charge < -0.3 is 15.5 Å². The molecule has 0 radical (unpaired) electrons. The number of nitrogens with two attached hydrogens (primary N) is 1. The van der Waals surface area contributed by atoms with Gasteiger partial charge in [-0.05, 0) is 31.6 Å². The standard InChI is InChI=1S/C10H16ClN5/c1-15-3-2-4-16(6-5-15)9-8(12)7-13-10(11)14-9/h7H,2-6,12H2,1H3. The molecule has 0 aliphatic carbocycles. The summed E-state index contributed by atoms with van der Waals surface area (Å²) >= 11 is 5.79. The fraction of sp³-hybridized carbons (Fsp3) is 0.600. The monoisotopic (exact) mass is 241 g/mol. The molecule has 2 rings (SSSR count). The van der Waals surface area contributed by atoms with Crippen LogP contribution in [0.25, 0.3) is 0 Å². The second-order valence-electron chi connectivity index (χ2n) is 4.06. The first-order valence-electron chi connectivity index (χ1n) is 5.38. The summed E-state index contributed by atoms with van der Waals surface area (Å²) < 4.78 is 0. The van der Waals surface area contributed by atoms with Crippen molar-refractivity contribution in [3.8, 4) is 0 Å². The Morgan fingerprint density at radius 2 is 2.12 bits per heavy atom. The fourth-order valence-electron chi connectivity index (χ4n) is 1.87. The van der Waals surface area contributed by atoms with Gasteiger partial charge in [-0.15, -0.1) is 0 Å². The fourth-order valence-corrected chi connectivity index (χ4v) is 2.00. The predicted molar refractivity (Wildman–Crippen MR) is 65.8 cm³/mol. The van der Waals surface area contributed by atoms with Crippen molar-refractivity contribution in [2.75, 3.05) is 43.9 Å². The Kier molecular flexibility index (Phi) is 3.46. The van der Waals surface area contributed by atoms with Crippen molar-refractivity contribution >= 4 is 23.1 Å². The third kappa shape index (κ3) is 2.54. The largest absolute Gasteiger partial charge is 0.394 e. The number of rotatable bonds is 1. The molecule has 2 heterocycles. The number of halogens is 1. The smallest absolute Gasteiger partial charge is 0.224 e. The summed E-state index contributed by atoms with van der Waals surface area (Å²) in [4.78, 5) is 12.5. The highest BCUT2D eigenvalue weighted by Crippen LogP contribution is 2.21. The molecule has 88 valence electrons. The first kappa shape index (κ1) is 11.4. The first-order chi connectivity index (χ1) is 7.66. The van der Waals surface area contributed by atoms with Gasteiger partial charge in [0.15, 0.2) is 5.82 Å². The Bertz CT molecular complexity index is 370. The van der Waals surface area contributed by atoms with E-state index in [9.17, 15) is 0 Å². The molecular formula is C10H16ClN5. The van der Waals surface area contributed by atoms with E-state index < -0.39 is 0 Å². The predicted octanol–water partition coefficient (Wildman–Crippen LogP) is 0.854. The van der Waals surface area contributed by atoms with Gasteiger partial charge in [-0.25, -0.2) is 4.98 Å². The van der Waals surface area contributed by atoms with Gasteiger partial charge in [-0.2, -0.15) is 4.98 Å². The molecule has 1 aliphatic rings. The summed E-state index contributed by atoms with van der Waals surface area (Å²) in [5.74, 6) is 0.760. The molecule has 0 amide bonds. The number of nitrogens with zero attached hydrogens (tertiary/aromatic N) is 4. The maximum absolute atomic E-state index is 5.87. The molecule has 0 bridgehead atoms. The van der Waals surface area contributed by atoms with Crippen LogP contribution in [0.1, 0.15) is 6.42 Å². The van der Waals surface area contributed by atoms with Gasteiger partial charge in [0.1, 0.15) is 0 Å². The number of aromatic nitrogens is 2. The van der Waals surface area contributed by atoms with E-state index in [1.165, 1.54) is 0 Å². The van der Waals surface area contributed by atoms with E-state index in [-0.39, 0.29) is 5.28 Å². The third-order valence-electron chi connectivity index (χ3n) is 2.79. The van der Waals surface area contributed by atoms with Gasteiger partial charge in [0.25, 0.3) is 0 Å². The van der Waals surface area contributed by atoms with Gasteiger partial charge in [0.2, 0.25) is 5.28 Å². The summed E-state index contributed by atoms with van der Waals surface area (Å²) in [6.07, 6.45) is 2.68. The molecule has 6 heteroatoms. The lowest BCUT2D eigenvalue weighted by Crippen LogP contribution is -2.30. The van der Waals surface area contributed by atoms with E-state index in [1.54, 1.807) is 6.20 Å². The number of hydrogen-bond donors (Lipinski definition) is 1. The molecule has 5 nitrogen and oxygen atoms in total. The van der Waals surface area contributed by atoms with Crippen LogP contribution in [0.15, 0.2) is 6.20 Å². The summed E-state index contributed by atoms with van der Waals surface area (Å²) in [5, 5.41) is 0.252. The van der Waals surface area contributed by atoms with Gasteiger partial charge in [-0.1, -0.05) is 0 Å². The van der Waals surface area contributed by atoms with E-state index in [1.807, 2.05) is 0 Å². The van der Waals surface area contributed by atoms with Crippen molar-refractivity contribution in [1.29, 1.82) is 0 Å². The minimum atomic E-state index is 0.252. The van der Waals surface area contributed by atoms with Crippen molar-refractivity contribution in [3.63, 3.8) is 0 Å². The van der Waals surface area contributed by atoms with Crippen LogP contribution in [0.3, 0.4) is 0 Å². The Balaban J connectivity index is 2.19. The number of likely N-dealkylation sites (N-methyl/N-ethyl adjacent to an activating group) is 1. The van der Waals surface area contributed by atoms with Crippen LogP contribution in [0.5, 0.6) is 0 Å². The normalized spacial score (nSPS) is 18.5. The lowest BCUT2D eigenvalue weighted by Gasteiger charge is -2.22. The summed E-state index contributed by atoms with van der Waals surface area (Å²) in [7, 11) is 2.12. The van der Waals surface area contributed by atoms with E-state index in [0.29, 0.717) is 5.69 Å². The third-order valence-corrected chi connectivity index (χ3v) is 2.97.